The molecule has 0 amide bonds. The van der Waals surface area contributed by atoms with Crippen molar-refractivity contribution in [1.82, 2.24) is 0 Å². The Kier molecular flexibility index (Phi) is 3.18. The Bertz CT molecular complexity index is 429. The molecule has 1 rings (SSSR count). The van der Waals surface area contributed by atoms with E-state index in [0.717, 1.165) is 6.07 Å². The third-order valence-electron chi connectivity index (χ3n) is 2.16. The standard InChI is InChI=1S/C9H8F3NO3/c1-5-2-3-7(9(10,11)12)8(13(15)16)6(5)4-14/h2-3,14H,4H2,1H3. The number of aliphatic hydroxyl groups excluding tert-OH is 1. The maximum absolute atomic E-state index is 12.5. The summed E-state index contributed by atoms with van der Waals surface area (Å²) in [5.74, 6) is 0. The zero-order chi connectivity index (χ0) is 12.5. The van der Waals surface area contributed by atoms with Gasteiger partial charge in [0.25, 0.3) is 5.69 Å². The van der Waals surface area contributed by atoms with Crippen LogP contribution in [0.2, 0.25) is 0 Å². The monoisotopic (exact) mass is 235 g/mol. The fourth-order valence-corrected chi connectivity index (χ4v) is 1.37. The van der Waals surface area contributed by atoms with Crippen LogP contribution in [0.3, 0.4) is 0 Å². The Morgan fingerprint density at radius 1 is 1.44 bits per heavy atom. The Hall–Kier alpha value is -1.63. The number of alkyl halides is 3. The molecule has 0 saturated carbocycles. The van der Waals surface area contributed by atoms with E-state index < -0.39 is 29.0 Å². The lowest BCUT2D eigenvalue weighted by atomic mass is 10.0. The molecule has 16 heavy (non-hydrogen) atoms. The maximum atomic E-state index is 12.5. The molecule has 7 heteroatoms. The van der Waals surface area contributed by atoms with Gasteiger partial charge in [-0.05, 0) is 18.6 Å². The van der Waals surface area contributed by atoms with Crippen molar-refractivity contribution < 1.29 is 23.2 Å². The molecule has 0 saturated heterocycles. The first-order valence-electron chi connectivity index (χ1n) is 4.24. The number of rotatable bonds is 2. The second-order valence-corrected chi connectivity index (χ2v) is 3.17. The maximum Gasteiger partial charge on any atom is 0.423 e. The molecule has 0 aliphatic rings. The van der Waals surface area contributed by atoms with Crippen molar-refractivity contribution in [2.75, 3.05) is 0 Å². The minimum atomic E-state index is -4.81. The molecule has 1 aromatic rings. The molecular formula is C9H8F3NO3. The third kappa shape index (κ3) is 2.13. The van der Waals surface area contributed by atoms with Crippen LogP contribution in [0.15, 0.2) is 12.1 Å². The van der Waals surface area contributed by atoms with E-state index in [-0.39, 0.29) is 11.1 Å². The van der Waals surface area contributed by atoms with E-state index in [1.165, 1.54) is 6.92 Å². The predicted octanol–water partition coefficient (Wildman–Crippen LogP) is 2.41. The Labute approximate surface area is 88.5 Å². The summed E-state index contributed by atoms with van der Waals surface area (Å²) in [6.45, 7) is 0.602. The van der Waals surface area contributed by atoms with Gasteiger partial charge in [0, 0.05) is 0 Å². The first-order valence-corrected chi connectivity index (χ1v) is 4.24. The smallest absolute Gasteiger partial charge is 0.391 e. The molecule has 0 heterocycles. The van der Waals surface area contributed by atoms with E-state index in [0.29, 0.717) is 6.07 Å². The normalized spacial score (nSPS) is 11.6. The number of aliphatic hydroxyl groups is 1. The van der Waals surface area contributed by atoms with E-state index in [2.05, 4.69) is 0 Å². The largest absolute Gasteiger partial charge is 0.423 e. The Morgan fingerprint density at radius 2 is 2.00 bits per heavy atom. The quantitative estimate of drug-likeness (QED) is 0.632. The van der Waals surface area contributed by atoms with E-state index in [4.69, 9.17) is 5.11 Å². The van der Waals surface area contributed by atoms with Crippen LogP contribution < -0.4 is 0 Å². The molecule has 0 aliphatic carbocycles. The van der Waals surface area contributed by atoms with Crippen LogP contribution in [-0.2, 0) is 12.8 Å². The van der Waals surface area contributed by atoms with Gasteiger partial charge in [-0.3, -0.25) is 10.1 Å². The fourth-order valence-electron chi connectivity index (χ4n) is 1.37. The number of nitrogens with zero attached hydrogens (tertiary/aromatic N) is 1. The van der Waals surface area contributed by atoms with E-state index >= 15 is 0 Å². The zero-order valence-corrected chi connectivity index (χ0v) is 8.21. The fraction of sp³-hybridized carbons (Fsp3) is 0.333. The van der Waals surface area contributed by atoms with Crippen molar-refractivity contribution in [2.45, 2.75) is 19.7 Å². The summed E-state index contributed by atoms with van der Waals surface area (Å²) >= 11 is 0. The summed E-state index contributed by atoms with van der Waals surface area (Å²) in [6, 6.07) is 1.74. The van der Waals surface area contributed by atoms with Gasteiger partial charge in [-0.1, -0.05) is 6.07 Å². The molecule has 0 aromatic heterocycles. The highest BCUT2D eigenvalue weighted by atomic mass is 19.4. The highest BCUT2D eigenvalue weighted by Crippen LogP contribution is 2.38. The highest BCUT2D eigenvalue weighted by molar-refractivity contribution is 5.52. The van der Waals surface area contributed by atoms with Crippen molar-refractivity contribution in [2.24, 2.45) is 0 Å². The minimum absolute atomic E-state index is 0.252. The number of nitro groups is 1. The third-order valence-corrected chi connectivity index (χ3v) is 2.16. The minimum Gasteiger partial charge on any atom is -0.391 e. The van der Waals surface area contributed by atoms with Crippen LogP contribution in [0, 0.1) is 17.0 Å². The van der Waals surface area contributed by atoms with Gasteiger partial charge >= 0.3 is 6.18 Å². The zero-order valence-electron chi connectivity index (χ0n) is 8.21. The van der Waals surface area contributed by atoms with Crippen LogP contribution >= 0.6 is 0 Å². The summed E-state index contributed by atoms with van der Waals surface area (Å²) in [5, 5.41) is 19.5. The van der Waals surface area contributed by atoms with Gasteiger partial charge in [-0.15, -0.1) is 0 Å². The van der Waals surface area contributed by atoms with Crippen molar-refractivity contribution in [1.29, 1.82) is 0 Å². The molecule has 0 unspecified atom stereocenters. The molecule has 4 nitrogen and oxygen atoms in total. The van der Waals surface area contributed by atoms with Crippen LogP contribution in [0.25, 0.3) is 0 Å². The number of hydrogen-bond acceptors (Lipinski definition) is 3. The van der Waals surface area contributed by atoms with Crippen LogP contribution in [0.5, 0.6) is 0 Å². The summed E-state index contributed by atoms with van der Waals surface area (Å²) in [5.41, 5.74) is -2.47. The molecule has 0 radical (unpaired) electrons. The average molecular weight is 235 g/mol. The second-order valence-electron chi connectivity index (χ2n) is 3.17. The molecule has 0 spiro atoms. The molecule has 0 aliphatic heterocycles. The van der Waals surface area contributed by atoms with Crippen LogP contribution in [0.1, 0.15) is 16.7 Å². The molecule has 1 N–H and O–H groups in total. The number of aryl methyl sites for hydroxylation is 1. The molecule has 0 atom stereocenters. The summed E-state index contributed by atoms with van der Waals surface area (Å²) in [4.78, 5) is 9.47. The first kappa shape index (κ1) is 12.4. The second kappa shape index (κ2) is 4.09. The lowest BCUT2D eigenvalue weighted by Crippen LogP contribution is -2.11. The van der Waals surface area contributed by atoms with Gasteiger partial charge in [-0.2, -0.15) is 13.2 Å². The highest BCUT2D eigenvalue weighted by Gasteiger charge is 2.39. The van der Waals surface area contributed by atoms with Gasteiger partial charge in [0.2, 0.25) is 0 Å². The Morgan fingerprint density at radius 3 is 2.38 bits per heavy atom. The van der Waals surface area contributed by atoms with Crippen molar-refractivity contribution >= 4 is 5.69 Å². The van der Waals surface area contributed by atoms with E-state index in [9.17, 15) is 23.3 Å². The van der Waals surface area contributed by atoms with E-state index in [1.54, 1.807) is 0 Å². The number of hydrogen-bond donors (Lipinski definition) is 1. The summed E-state index contributed by atoms with van der Waals surface area (Å²) < 4.78 is 37.4. The first-order chi connectivity index (χ1) is 7.29. The lowest BCUT2D eigenvalue weighted by Gasteiger charge is -2.11. The molecule has 88 valence electrons. The predicted molar refractivity (Wildman–Crippen MR) is 48.8 cm³/mol. The topological polar surface area (TPSA) is 63.4 Å². The van der Waals surface area contributed by atoms with E-state index in [1.807, 2.05) is 0 Å². The van der Waals surface area contributed by atoms with Crippen molar-refractivity contribution in [3.8, 4) is 0 Å². The van der Waals surface area contributed by atoms with Crippen LogP contribution in [-0.4, -0.2) is 10.0 Å². The molecular weight excluding hydrogens is 227 g/mol. The lowest BCUT2D eigenvalue weighted by molar-refractivity contribution is -0.389. The molecule has 0 bridgehead atoms. The van der Waals surface area contributed by atoms with Crippen molar-refractivity contribution in [3.63, 3.8) is 0 Å². The van der Waals surface area contributed by atoms with Gasteiger partial charge in [0.05, 0.1) is 17.1 Å². The summed E-state index contributed by atoms with van der Waals surface area (Å²) in [6.07, 6.45) is -4.81. The number of benzene rings is 1. The number of nitro benzene ring substituents is 1. The molecule has 0 fully saturated rings. The number of halogens is 3. The van der Waals surface area contributed by atoms with Gasteiger partial charge in [-0.25, -0.2) is 0 Å². The van der Waals surface area contributed by atoms with Crippen molar-refractivity contribution in [3.05, 3.63) is 38.9 Å². The summed E-state index contributed by atoms with van der Waals surface area (Å²) in [7, 11) is 0. The van der Waals surface area contributed by atoms with Crippen LogP contribution in [0.4, 0.5) is 18.9 Å². The SMILES string of the molecule is Cc1ccc(C(F)(F)F)c([N+](=O)[O-])c1CO. The van der Waals surface area contributed by atoms with Gasteiger partial charge in [0.1, 0.15) is 5.56 Å². The Balaban J connectivity index is 3.58. The average Bonchev–Trinajstić information content (AvgIpc) is 2.14. The van der Waals surface area contributed by atoms with Gasteiger partial charge < -0.3 is 5.11 Å². The van der Waals surface area contributed by atoms with Gasteiger partial charge in [0.15, 0.2) is 0 Å². The molecule has 1 aromatic carbocycles.